The van der Waals surface area contributed by atoms with E-state index in [0.717, 1.165) is 13.1 Å². The lowest BCUT2D eigenvalue weighted by atomic mass is 10.2. The Balaban J connectivity index is 1.53. The van der Waals surface area contributed by atoms with Crippen LogP contribution in [0.25, 0.3) is 0 Å². The summed E-state index contributed by atoms with van der Waals surface area (Å²) in [5, 5.41) is 11.6. The molecule has 3 rings (SSSR count). The summed E-state index contributed by atoms with van der Waals surface area (Å²) < 4.78 is 28.5. The van der Waals surface area contributed by atoms with E-state index in [0.29, 0.717) is 37.4 Å². The molecule has 1 N–H and O–H groups in total. The Kier molecular flexibility index (Phi) is 5.96. The number of hydrogen-bond acceptors (Lipinski definition) is 5. The molecule has 1 aromatic carbocycles. The van der Waals surface area contributed by atoms with Crippen molar-refractivity contribution in [2.24, 2.45) is 0 Å². The van der Waals surface area contributed by atoms with Crippen molar-refractivity contribution in [3.8, 4) is 6.07 Å². The lowest BCUT2D eigenvalue weighted by molar-refractivity contribution is 0.173. The molecule has 2 aliphatic rings. The monoisotopic (exact) mass is 392 g/mol. The zero-order valence-corrected chi connectivity index (χ0v) is 16.2. The quantitative estimate of drug-likeness (QED) is 0.792. The standard InChI is InChI=1S/C17H24N6O3S/c1-20-6-10-22(11-7-20)27(25,26)23-12-8-21(9-13-23)17(24)19-16-4-2-15(14-18)3-5-16/h2-5H,6-13H2,1H3,(H,19,24). The van der Waals surface area contributed by atoms with Gasteiger partial charge in [0.05, 0.1) is 11.6 Å². The van der Waals surface area contributed by atoms with Gasteiger partial charge in [0.2, 0.25) is 0 Å². The third kappa shape index (κ3) is 4.56. The minimum atomic E-state index is -3.47. The zero-order chi connectivity index (χ0) is 19.4. The average molecular weight is 392 g/mol. The van der Waals surface area contributed by atoms with Gasteiger partial charge in [-0.15, -0.1) is 0 Å². The number of amides is 2. The summed E-state index contributed by atoms with van der Waals surface area (Å²) in [7, 11) is -1.49. The number of likely N-dealkylation sites (N-methyl/N-ethyl adjacent to an activating group) is 1. The van der Waals surface area contributed by atoms with Gasteiger partial charge in [-0.25, -0.2) is 4.79 Å². The topological polar surface area (TPSA) is 100.0 Å². The van der Waals surface area contributed by atoms with Crippen molar-refractivity contribution in [3.05, 3.63) is 29.8 Å². The molecule has 0 bridgehead atoms. The van der Waals surface area contributed by atoms with Crippen molar-refractivity contribution in [2.45, 2.75) is 0 Å². The molecule has 2 amide bonds. The molecule has 2 saturated heterocycles. The fourth-order valence-electron chi connectivity index (χ4n) is 3.13. The highest BCUT2D eigenvalue weighted by Gasteiger charge is 2.34. The summed E-state index contributed by atoms with van der Waals surface area (Å²) in [6, 6.07) is 8.37. The summed E-state index contributed by atoms with van der Waals surface area (Å²) >= 11 is 0. The number of benzene rings is 1. The number of carbonyl (C=O) groups is 1. The van der Waals surface area contributed by atoms with Gasteiger partial charge < -0.3 is 15.1 Å². The van der Waals surface area contributed by atoms with Crippen LogP contribution in [0.5, 0.6) is 0 Å². The van der Waals surface area contributed by atoms with Gasteiger partial charge in [-0.05, 0) is 31.3 Å². The SMILES string of the molecule is CN1CCN(S(=O)(=O)N2CCN(C(=O)Nc3ccc(C#N)cc3)CC2)CC1. The normalized spacial score (nSPS) is 20.2. The number of carbonyl (C=O) groups excluding carboxylic acids is 1. The Morgan fingerprint density at radius 3 is 2.00 bits per heavy atom. The first-order valence-corrected chi connectivity index (χ1v) is 10.3. The van der Waals surface area contributed by atoms with E-state index in [2.05, 4.69) is 10.2 Å². The van der Waals surface area contributed by atoms with E-state index >= 15 is 0 Å². The molecule has 0 atom stereocenters. The van der Waals surface area contributed by atoms with Crippen LogP contribution in [-0.4, -0.2) is 92.3 Å². The Morgan fingerprint density at radius 1 is 0.963 bits per heavy atom. The Bertz CT molecular complexity index is 804. The van der Waals surface area contributed by atoms with Crippen LogP contribution >= 0.6 is 0 Å². The molecule has 2 fully saturated rings. The van der Waals surface area contributed by atoms with Crippen molar-refractivity contribution in [1.29, 1.82) is 5.26 Å². The van der Waals surface area contributed by atoms with Crippen LogP contribution < -0.4 is 5.32 Å². The second-order valence-electron chi connectivity index (χ2n) is 6.72. The molecule has 1 aromatic rings. The molecule has 27 heavy (non-hydrogen) atoms. The number of rotatable bonds is 3. The number of anilines is 1. The summed E-state index contributed by atoms with van der Waals surface area (Å²) in [5.41, 5.74) is 1.13. The van der Waals surface area contributed by atoms with Crippen LogP contribution in [-0.2, 0) is 10.2 Å². The van der Waals surface area contributed by atoms with Gasteiger partial charge in [-0.3, -0.25) is 0 Å². The predicted octanol–water partition coefficient (Wildman–Crippen LogP) is 0.200. The summed E-state index contributed by atoms with van der Waals surface area (Å²) in [6.45, 7) is 3.71. The zero-order valence-electron chi connectivity index (χ0n) is 15.3. The second kappa shape index (κ2) is 8.22. The van der Waals surface area contributed by atoms with E-state index < -0.39 is 10.2 Å². The van der Waals surface area contributed by atoms with Gasteiger partial charge in [0, 0.05) is 58.0 Å². The van der Waals surface area contributed by atoms with Crippen molar-refractivity contribution in [2.75, 3.05) is 64.7 Å². The maximum atomic E-state index is 12.8. The van der Waals surface area contributed by atoms with Crippen LogP contribution in [0.15, 0.2) is 24.3 Å². The number of urea groups is 1. The molecule has 0 aromatic heterocycles. The van der Waals surface area contributed by atoms with E-state index in [4.69, 9.17) is 5.26 Å². The molecular formula is C17H24N6O3S. The molecule has 9 nitrogen and oxygen atoms in total. The van der Waals surface area contributed by atoms with Crippen molar-refractivity contribution in [1.82, 2.24) is 18.4 Å². The fraction of sp³-hybridized carbons (Fsp3) is 0.529. The van der Waals surface area contributed by atoms with Gasteiger partial charge in [-0.1, -0.05) is 0 Å². The molecule has 146 valence electrons. The van der Waals surface area contributed by atoms with Crippen LogP contribution in [0.1, 0.15) is 5.56 Å². The van der Waals surface area contributed by atoms with Crippen molar-refractivity contribution in [3.63, 3.8) is 0 Å². The molecule has 10 heteroatoms. The highest BCUT2D eigenvalue weighted by atomic mass is 32.2. The largest absolute Gasteiger partial charge is 0.322 e. The smallest absolute Gasteiger partial charge is 0.321 e. The van der Waals surface area contributed by atoms with Crippen LogP contribution in [0.3, 0.4) is 0 Å². The summed E-state index contributed by atoms with van der Waals surface area (Å²) in [4.78, 5) is 16.1. The summed E-state index contributed by atoms with van der Waals surface area (Å²) in [5.74, 6) is 0. The molecule has 2 heterocycles. The minimum absolute atomic E-state index is 0.267. The van der Waals surface area contributed by atoms with E-state index in [-0.39, 0.29) is 19.1 Å². The maximum Gasteiger partial charge on any atom is 0.321 e. The number of hydrogen-bond donors (Lipinski definition) is 1. The van der Waals surface area contributed by atoms with E-state index in [1.807, 2.05) is 13.1 Å². The number of piperazine rings is 2. The van der Waals surface area contributed by atoms with Gasteiger partial charge in [-0.2, -0.15) is 22.3 Å². The van der Waals surface area contributed by atoms with Gasteiger partial charge in [0.25, 0.3) is 10.2 Å². The van der Waals surface area contributed by atoms with Crippen LogP contribution in [0.4, 0.5) is 10.5 Å². The molecule has 0 aliphatic carbocycles. The van der Waals surface area contributed by atoms with E-state index in [1.165, 1.54) is 8.61 Å². The van der Waals surface area contributed by atoms with Gasteiger partial charge >= 0.3 is 6.03 Å². The van der Waals surface area contributed by atoms with E-state index in [9.17, 15) is 13.2 Å². The lowest BCUT2D eigenvalue weighted by Crippen LogP contribution is -2.57. The van der Waals surface area contributed by atoms with Crippen molar-refractivity contribution >= 4 is 21.9 Å². The van der Waals surface area contributed by atoms with Crippen molar-refractivity contribution < 1.29 is 13.2 Å². The molecule has 0 unspecified atom stereocenters. The van der Waals surface area contributed by atoms with Crippen LogP contribution in [0, 0.1) is 11.3 Å². The Hall–Kier alpha value is -2.19. The molecular weight excluding hydrogens is 368 g/mol. The summed E-state index contributed by atoms with van der Waals surface area (Å²) in [6.07, 6.45) is 0. The van der Waals surface area contributed by atoms with Gasteiger partial charge in [0.15, 0.2) is 0 Å². The highest BCUT2D eigenvalue weighted by Crippen LogP contribution is 2.16. The lowest BCUT2D eigenvalue weighted by Gasteiger charge is -2.39. The average Bonchev–Trinajstić information content (AvgIpc) is 2.69. The highest BCUT2D eigenvalue weighted by molar-refractivity contribution is 7.86. The Morgan fingerprint density at radius 2 is 1.48 bits per heavy atom. The van der Waals surface area contributed by atoms with Crippen LogP contribution in [0.2, 0.25) is 0 Å². The van der Waals surface area contributed by atoms with Gasteiger partial charge in [0.1, 0.15) is 0 Å². The first-order chi connectivity index (χ1) is 12.9. The minimum Gasteiger partial charge on any atom is -0.322 e. The van der Waals surface area contributed by atoms with E-state index in [1.54, 1.807) is 29.2 Å². The molecule has 2 aliphatic heterocycles. The number of nitrogens with zero attached hydrogens (tertiary/aromatic N) is 5. The predicted molar refractivity (Wildman–Crippen MR) is 101 cm³/mol. The number of nitriles is 1. The maximum absolute atomic E-state index is 12.8. The molecule has 0 saturated carbocycles. The third-order valence-corrected chi connectivity index (χ3v) is 6.94. The fourth-order valence-corrected chi connectivity index (χ4v) is 4.71. The Labute approximate surface area is 159 Å². The number of nitrogens with one attached hydrogen (secondary N) is 1. The third-order valence-electron chi connectivity index (χ3n) is 4.91. The first kappa shape index (κ1) is 19.6. The first-order valence-electron chi connectivity index (χ1n) is 8.90. The molecule has 0 spiro atoms. The second-order valence-corrected chi connectivity index (χ2v) is 8.64. The molecule has 0 radical (unpaired) electrons.